The number of aromatic nitrogens is 1. The maximum atomic E-state index is 13.5. The third-order valence-corrected chi connectivity index (χ3v) is 6.56. The number of likely N-dealkylation sites (tertiary alicyclic amines) is 1. The van der Waals surface area contributed by atoms with Crippen molar-refractivity contribution in [3.63, 3.8) is 0 Å². The lowest BCUT2D eigenvalue weighted by Gasteiger charge is -2.32. The standard InChI is InChI=1S/C25H32FN5O3/c1-34-14-13-30(17-19-4-6-21(26)7-5-19)22-15-23(25(33)29-11-9-27-10-12-29)31(18-22)24(32)20-3-2-8-28-16-20/h2-8,16,22-23,27H,9-15,17-18H2,1H3. The molecule has 2 saturated heterocycles. The smallest absolute Gasteiger partial charge is 0.256 e. The average molecular weight is 470 g/mol. The van der Waals surface area contributed by atoms with Gasteiger partial charge in [0.25, 0.3) is 5.91 Å². The molecule has 3 heterocycles. The van der Waals surface area contributed by atoms with E-state index in [1.807, 2.05) is 4.90 Å². The van der Waals surface area contributed by atoms with E-state index in [0.29, 0.717) is 51.3 Å². The molecule has 0 aliphatic carbocycles. The molecular weight excluding hydrogens is 437 g/mol. The van der Waals surface area contributed by atoms with E-state index in [1.165, 1.54) is 12.1 Å². The van der Waals surface area contributed by atoms with Gasteiger partial charge in [-0.1, -0.05) is 12.1 Å². The van der Waals surface area contributed by atoms with Gasteiger partial charge in [-0.15, -0.1) is 0 Å². The summed E-state index contributed by atoms with van der Waals surface area (Å²) in [7, 11) is 1.65. The van der Waals surface area contributed by atoms with Gasteiger partial charge in [-0.25, -0.2) is 4.39 Å². The van der Waals surface area contributed by atoms with Crippen LogP contribution in [-0.2, 0) is 16.1 Å². The number of benzene rings is 1. The summed E-state index contributed by atoms with van der Waals surface area (Å²) in [5.41, 5.74) is 1.45. The van der Waals surface area contributed by atoms with Gasteiger partial charge in [-0.3, -0.25) is 19.5 Å². The molecule has 2 atom stereocenters. The molecule has 1 N–H and O–H groups in total. The molecule has 8 nitrogen and oxygen atoms in total. The molecule has 2 aliphatic heterocycles. The lowest BCUT2D eigenvalue weighted by atomic mass is 10.1. The molecule has 4 rings (SSSR count). The number of hydrogen-bond donors (Lipinski definition) is 1. The van der Waals surface area contributed by atoms with Crippen LogP contribution in [0.25, 0.3) is 0 Å². The predicted octanol–water partition coefficient (Wildman–Crippen LogP) is 1.38. The zero-order chi connectivity index (χ0) is 23.9. The van der Waals surface area contributed by atoms with Gasteiger partial charge in [0, 0.05) is 71.4 Å². The van der Waals surface area contributed by atoms with Crippen molar-refractivity contribution in [3.8, 4) is 0 Å². The number of hydrogen-bond acceptors (Lipinski definition) is 6. The highest BCUT2D eigenvalue weighted by Crippen LogP contribution is 2.27. The molecule has 0 saturated carbocycles. The molecule has 182 valence electrons. The Hall–Kier alpha value is -2.88. The maximum Gasteiger partial charge on any atom is 0.256 e. The zero-order valence-corrected chi connectivity index (χ0v) is 19.5. The molecule has 0 bridgehead atoms. The van der Waals surface area contributed by atoms with Crippen LogP contribution in [0.2, 0.25) is 0 Å². The van der Waals surface area contributed by atoms with E-state index < -0.39 is 6.04 Å². The fraction of sp³-hybridized carbons (Fsp3) is 0.480. The molecule has 0 spiro atoms. The number of piperazine rings is 1. The number of rotatable bonds is 8. The number of ether oxygens (including phenoxy) is 1. The first kappa shape index (κ1) is 24.3. The van der Waals surface area contributed by atoms with Crippen molar-refractivity contribution in [1.82, 2.24) is 25.0 Å². The van der Waals surface area contributed by atoms with Crippen LogP contribution in [-0.4, -0.2) is 96.6 Å². The SMILES string of the molecule is COCCN(Cc1ccc(F)cc1)C1CC(C(=O)N2CCNCC2)N(C(=O)c2cccnc2)C1. The molecule has 2 aromatic rings. The number of amides is 2. The molecule has 2 amide bonds. The van der Waals surface area contributed by atoms with E-state index in [2.05, 4.69) is 15.2 Å². The van der Waals surface area contributed by atoms with E-state index in [1.54, 1.807) is 48.7 Å². The van der Waals surface area contributed by atoms with Gasteiger partial charge in [0.15, 0.2) is 0 Å². The second kappa shape index (κ2) is 11.5. The normalized spacial score (nSPS) is 20.7. The van der Waals surface area contributed by atoms with Gasteiger partial charge in [0.05, 0.1) is 12.2 Å². The molecule has 2 aliphatic rings. The highest BCUT2D eigenvalue weighted by molar-refractivity contribution is 5.97. The summed E-state index contributed by atoms with van der Waals surface area (Å²) in [6.45, 7) is 4.95. The Labute approximate surface area is 199 Å². The number of carbonyl (C=O) groups is 2. The average Bonchev–Trinajstić information content (AvgIpc) is 3.33. The van der Waals surface area contributed by atoms with E-state index >= 15 is 0 Å². The second-order valence-corrected chi connectivity index (χ2v) is 8.77. The number of carbonyl (C=O) groups excluding carboxylic acids is 2. The van der Waals surface area contributed by atoms with Crippen LogP contribution in [0, 0.1) is 5.82 Å². The number of nitrogens with zero attached hydrogens (tertiary/aromatic N) is 4. The van der Waals surface area contributed by atoms with Crippen LogP contribution < -0.4 is 5.32 Å². The van der Waals surface area contributed by atoms with Crippen molar-refractivity contribution in [2.75, 3.05) is 53.0 Å². The van der Waals surface area contributed by atoms with Crippen LogP contribution in [0.5, 0.6) is 0 Å². The van der Waals surface area contributed by atoms with E-state index in [9.17, 15) is 14.0 Å². The van der Waals surface area contributed by atoms with Gasteiger partial charge in [0.2, 0.25) is 5.91 Å². The minimum atomic E-state index is -0.533. The highest BCUT2D eigenvalue weighted by atomic mass is 19.1. The van der Waals surface area contributed by atoms with Crippen molar-refractivity contribution < 1.29 is 18.7 Å². The highest BCUT2D eigenvalue weighted by Gasteiger charge is 2.43. The maximum absolute atomic E-state index is 13.5. The van der Waals surface area contributed by atoms with Crippen molar-refractivity contribution in [2.24, 2.45) is 0 Å². The van der Waals surface area contributed by atoms with Gasteiger partial charge in [0.1, 0.15) is 11.9 Å². The van der Waals surface area contributed by atoms with E-state index in [-0.39, 0.29) is 23.7 Å². The quantitative estimate of drug-likeness (QED) is 0.630. The molecule has 9 heteroatoms. The summed E-state index contributed by atoms with van der Waals surface area (Å²) in [6.07, 6.45) is 3.71. The first-order valence-corrected chi connectivity index (χ1v) is 11.7. The molecule has 34 heavy (non-hydrogen) atoms. The monoisotopic (exact) mass is 469 g/mol. The summed E-state index contributed by atoms with van der Waals surface area (Å²) < 4.78 is 18.7. The first-order chi connectivity index (χ1) is 16.6. The van der Waals surface area contributed by atoms with Crippen LogP contribution in [0.4, 0.5) is 4.39 Å². The van der Waals surface area contributed by atoms with E-state index in [4.69, 9.17) is 4.74 Å². The number of halogens is 1. The minimum absolute atomic E-state index is 0.00489. The van der Waals surface area contributed by atoms with Crippen molar-refractivity contribution in [1.29, 1.82) is 0 Å². The third-order valence-electron chi connectivity index (χ3n) is 6.56. The fourth-order valence-electron chi connectivity index (χ4n) is 4.71. The summed E-state index contributed by atoms with van der Waals surface area (Å²) in [5.74, 6) is -0.463. The summed E-state index contributed by atoms with van der Waals surface area (Å²) in [5, 5.41) is 3.27. The number of nitrogens with one attached hydrogen (secondary N) is 1. The predicted molar refractivity (Wildman–Crippen MR) is 126 cm³/mol. The van der Waals surface area contributed by atoms with Gasteiger partial charge in [-0.05, 0) is 36.2 Å². The molecule has 0 radical (unpaired) electrons. The summed E-state index contributed by atoms with van der Waals surface area (Å²) in [6, 6.07) is 9.34. The minimum Gasteiger partial charge on any atom is -0.383 e. The van der Waals surface area contributed by atoms with Crippen molar-refractivity contribution >= 4 is 11.8 Å². The Morgan fingerprint density at radius 3 is 2.65 bits per heavy atom. The summed E-state index contributed by atoms with van der Waals surface area (Å²) in [4.78, 5) is 36.8. The Balaban J connectivity index is 1.57. The lowest BCUT2D eigenvalue weighted by Crippen LogP contribution is -2.53. The van der Waals surface area contributed by atoms with Gasteiger partial charge >= 0.3 is 0 Å². The number of pyridine rings is 1. The van der Waals surface area contributed by atoms with Crippen LogP contribution in [0.1, 0.15) is 22.3 Å². The molecule has 2 unspecified atom stereocenters. The number of methoxy groups -OCH3 is 1. The summed E-state index contributed by atoms with van der Waals surface area (Å²) >= 11 is 0. The Kier molecular flexibility index (Phi) is 8.21. The molecule has 1 aromatic heterocycles. The van der Waals surface area contributed by atoms with Crippen molar-refractivity contribution in [2.45, 2.75) is 25.0 Å². The Morgan fingerprint density at radius 1 is 1.21 bits per heavy atom. The lowest BCUT2D eigenvalue weighted by molar-refractivity contribution is -0.135. The zero-order valence-electron chi connectivity index (χ0n) is 19.5. The Morgan fingerprint density at radius 2 is 1.97 bits per heavy atom. The Bertz CT molecular complexity index is 953. The third kappa shape index (κ3) is 5.78. The fourth-order valence-corrected chi connectivity index (χ4v) is 4.71. The second-order valence-electron chi connectivity index (χ2n) is 8.77. The van der Waals surface area contributed by atoms with Crippen LogP contribution in [0.3, 0.4) is 0 Å². The van der Waals surface area contributed by atoms with Crippen LogP contribution >= 0.6 is 0 Å². The van der Waals surface area contributed by atoms with Crippen molar-refractivity contribution in [3.05, 3.63) is 65.7 Å². The molecular formula is C25H32FN5O3. The van der Waals surface area contributed by atoms with Crippen LogP contribution in [0.15, 0.2) is 48.8 Å². The first-order valence-electron chi connectivity index (χ1n) is 11.7. The largest absolute Gasteiger partial charge is 0.383 e. The van der Waals surface area contributed by atoms with Gasteiger partial charge in [-0.2, -0.15) is 0 Å². The molecule has 1 aromatic carbocycles. The molecule has 2 fully saturated rings. The van der Waals surface area contributed by atoms with Gasteiger partial charge < -0.3 is 19.9 Å². The topological polar surface area (TPSA) is 78.0 Å². The van der Waals surface area contributed by atoms with E-state index in [0.717, 1.165) is 18.7 Å².